The fraction of sp³-hybridized carbons (Fsp3) is 0.414. The van der Waals surface area contributed by atoms with Crippen molar-refractivity contribution in [1.29, 1.82) is 0 Å². The maximum atomic E-state index is 13.8. The Balaban J connectivity index is 1.99. The molecule has 0 heterocycles. The van der Waals surface area contributed by atoms with Crippen molar-refractivity contribution in [2.75, 3.05) is 40.5 Å². The van der Waals surface area contributed by atoms with Gasteiger partial charge in [0, 0.05) is 37.8 Å². The number of aldehydes is 1. The molecule has 0 aliphatic heterocycles. The number of nitrogens with one attached hydrogen (secondary N) is 1. The molecule has 10 nitrogen and oxygen atoms in total. The Morgan fingerprint density at radius 1 is 1.24 bits per heavy atom. The summed E-state index contributed by atoms with van der Waals surface area (Å²) in [6.45, 7) is 0.0413. The van der Waals surface area contributed by atoms with E-state index >= 15 is 0 Å². The first kappa shape index (κ1) is 32.4. The average Bonchev–Trinajstić information content (AvgIpc) is 2.97. The van der Waals surface area contributed by atoms with Gasteiger partial charge in [0.25, 0.3) is 0 Å². The third-order valence-electron chi connectivity index (χ3n) is 6.63. The molecule has 41 heavy (non-hydrogen) atoms. The third-order valence-corrected chi connectivity index (χ3v) is 7.43. The average molecular weight is 684 g/mol. The Kier molecular flexibility index (Phi) is 12.5. The predicted molar refractivity (Wildman–Crippen MR) is 156 cm³/mol. The Labute approximate surface area is 251 Å². The monoisotopic (exact) mass is 684 g/mol. The zero-order valence-electron chi connectivity index (χ0n) is 22.8. The summed E-state index contributed by atoms with van der Waals surface area (Å²) >= 11 is 1.98. The first-order valence-corrected chi connectivity index (χ1v) is 14.1. The Morgan fingerprint density at radius 2 is 2.02 bits per heavy atom. The number of carbonyl (C=O) groups is 3. The number of aliphatic hydroxyl groups excluding tert-OH is 2. The van der Waals surface area contributed by atoms with E-state index in [1.165, 1.54) is 43.4 Å². The minimum atomic E-state index is -1.27. The van der Waals surface area contributed by atoms with E-state index in [1.54, 1.807) is 18.2 Å². The van der Waals surface area contributed by atoms with Gasteiger partial charge < -0.3 is 34.6 Å². The van der Waals surface area contributed by atoms with Crippen molar-refractivity contribution in [3.63, 3.8) is 0 Å². The molecule has 222 valence electrons. The van der Waals surface area contributed by atoms with Gasteiger partial charge in [0.1, 0.15) is 24.3 Å². The molecule has 3 N–H and O–H groups in total. The molecule has 0 radical (unpaired) electrons. The lowest BCUT2D eigenvalue weighted by Gasteiger charge is -2.40. The van der Waals surface area contributed by atoms with Crippen LogP contribution in [0.2, 0.25) is 0 Å². The van der Waals surface area contributed by atoms with Crippen LogP contribution in [0.15, 0.2) is 48.0 Å². The van der Waals surface area contributed by atoms with Crippen LogP contribution in [0.5, 0.6) is 11.5 Å². The normalized spacial score (nSPS) is 18.3. The van der Waals surface area contributed by atoms with Gasteiger partial charge in [-0.2, -0.15) is 0 Å². The van der Waals surface area contributed by atoms with Crippen LogP contribution in [0.25, 0.3) is 0 Å². The molecule has 2 amide bonds. The van der Waals surface area contributed by atoms with Crippen LogP contribution in [0, 0.1) is 9.39 Å². The molecule has 0 aromatic heterocycles. The molecule has 0 fully saturated rings. The highest BCUT2D eigenvalue weighted by atomic mass is 127. The standard InChI is InChI=1S/C29H34FIN2O8/c1-39-11-7-26(36)33(9-6-18-4-3-5-21(30)12-18)23-15-20(29(38)32-8-10-34)16-24(27(23)37)41-28-22(31)13-19(17-35)14-25(28)40-2/h3-5,12-14,16-17,23-24,27,34,37H,6-11,15H2,1-2H3,(H,32,38)/t23-,24+,27+/m1/s1. The van der Waals surface area contributed by atoms with Crippen molar-refractivity contribution in [1.82, 2.24) is 10.2 Å². The van der Waals surface area contributed by atoms with Gasteiger partial charge in [-0.1, -0.05) is 12.1 Å². The van der Waals surface area contributed by atoms with E-state index in [0.717, 1.165) is 0 Å². The Bertz CT molecular complexity index is 1260. The summed E-state index contributed by atoms with van der Waals surface area (Å²) in [5, 5.41) is 23.4. The molecule has 3 atom stereocenters. The quantitative estimate of drug-likeness (QED) is 0.204. The highest BCUT2D eigenvalue weighted by molar-refractivity contribution is 14.1. The van der Waals surface area contributed by atoms with Crippen molar-refractivity contribution in [3.05, 3.63) is 68.6 Å². The van der Waals surface area contributed by atoms with E-state index in [2.05, 4.69) is 5.32 Å². The number of benzene rings is 2. The molecular weight excluding hydrogens is 650 g/mol. The summed E-state index contributed by atoms with van der Waals surface area (Å²) in [5.41, 5.74) is 1.29. The van der Waals surface area contributed by atoms with Gasteiger partial charge >= 0.3 is 0 Å². The number of rotatable bonds is 14. The van der Waals surface area contributed by atoms with Crippen molar-refractivity contribution >= 4 is 40.7 Å². The molecule has 0 saturated carbocycles. The summed E-state index contributed by atoms with van der Waals surface area (Å²) in [6, 6.07) is 8.25. The van der Waals surface area contributed by atoms with Crippen LogP contribution in [0.1, 0.15) is 28.8 Å². The van der Waals surface area contributed by atoms with Gasteiger partial charge in [-0.05, 0) is 64.9 Å². The number of nitrogens with zero attached hydrogens (tertiary/aromatic N) is 1. The molecule has 0 bridgehead atoms. The first-order valence-electron chi connectivity index (χ1n) is 13.0. The molecule has 12 heteroatoms. The molecular formula is C29H34FIN2O8. The minimum absolute atomic E-state index is 0.0124. The SMILES string of the molecule is COCCC(=O)N(CCc1cccc(F)c1)[C@@H]1CC(C(=O)NCCO)=C[C@H](Oc2c(I)cc(C=O)cc2OC)[C@H]1O. The summed E-state index contributed by atoms with van der Waals surface area (Å²) in [6.07, 6.45) is 0.156. The maximum absolute atomic E-state index is 13.8. The number of aliphatic hydroxyl groups is 2. The van der Waals surface area contributed by atoms with Gasteiger partial charge in [0.15, 0.2) is 11.5 Å². The van der Waals surface area contributed by atoms with Crippen LogP contribution < -0.4 is 14.8 Å². The van der Waals surface area contributed by atoms with Crippen molar-refractivity contribution in [3.8, 4) is 11.5 Å². The van der Waals surface area contributed by atoms with Crippen LogP contribution >= 0.6 is 22.6 Å². The van der Waals surface area contributed by atoms with Crippen LogP contribution in [0.3, 0.4) is 0 Å². The lowest BCUT2D eigenvalue weighted by Crippen LogP contribution is -2.55. The molecule has 1 aliphatic rings. The third kappa shape index (κ3) is 8.71. The van der Waals surface area contributed by atoms with Crippen LogP contribution in [0.4, 0.5) is 4.39 Å². The first-order chi connectivity index (χ1) is 19.7. The molecule has 1 aliphatic carbocycles. The van der Waals surface area contributed by atoms with E-state index in [1.807, 2.05) is 22.6 Å². The molecule has 2 aromatic carbocycles. The highest BCUT2D eigenvalue weighted by Crippen LogP contribution is 2.37. The number of methoxy groups -OCH3 is 2. The second-order valence-corrected chi connectivity index (χ2v) is 10.5. The van der Waals surface area contributed by atoms with Crippen LogP contribution in [-0.4, -0.2) is 92.0 Å². The second-order valence-electron chi connectivity index (χ2n) is 9.38. The topological polar surface area (TPSA) is 135 Å². The smallest absolute Gasteiger partial charge is 0.247 e. The Morgan fingerprint density at radius 3 is 2.68 bits per heavy atom. The van der Waals surface area contributed by atoms with Gasteiger partial charge in [-0.3, -0.25) is 14.4 Å². The van der Waals surface area contributed by atoms with Crippen molar-refractivity contribution < 1.29 is 43.2 Å². The number of halogens is 2. The fourth-order valence-electron chi connectivity index (χ4n) is 4.59. The van der Waals surface area contributed by atoms with Gasteiger partial charge in [-0.25, -0.2) is 4.39 Å². The van der Waals surface area contributed by atoms with Crippen LogP contribution in [-0.2, 0) is 20.7 Å². The lowest BCUT2D eigenvalue weighted by molar-refractivity contribution is -0.139. The predicted octanol–water partition coefficient (Wildman–Crippen LogP) is 2.27. The van der Waals surface area contributed by atoms with Gasteiger partial charge in [0.05, 0.1) is 36.4 Å². The lowest BCUT2D eigenvalue weighted by atomic mass is 9.87. The number of amides is 2. The maximum Gasteiger partial charge on any atom is 0.247 e. The molecule has 2 aromatic rings. The number of hydrogen-bond donors (Lipinski definition) is 3. The van der Waals surface area contributed by atoms with Gasteiger partial charge in [-0.15, -0.1) is 0 Å². The van der Waals surface area contributed by atoms with Gasteiger partial charge in [0.2, 0.25) is 11.8 Å². The fourth-order valence-corrected chi connectivity index (χ4v) is 5.34. The summed E-state index contributed by atoms with van der Waals surface area (Å²) < 4.78 is 31.1. The summed E-state index contributed by atoms with van der Waals surface area (Å²) in [4.78, 5) is 39.2. The van der Waals surface area contributed by atoms with E-state index in [4.69, 9.17) is 14.2 Å². The zero-order valence-corrected chi connectivity index (χ0v) is 25.0. The largest absolute Gasteiger partial charge is 0.493 e. The van der Waals surface area contributed by atoms with E-state index in [0.29, 0.717) is 27.4 Å². The number of hydrogen-bond acceptors (Lipinski definition) is 8. The molecule has 0 saturated heterocycles. The van der Waals surface area contributed by atoms with E-state index in [9.17, 15) is 29.0 Å². The number of carbonyl (C=O) groups excluding carboxylic acids is 3. The number of ether oxygens (including phenoxy) is 3. The molecule has 0 unspecified atom stereocenters. The Hall–Kier alpha value is -3.07. The van der Waals surface area contributed by atoms with Crippen molar-refractivity contribution in [2.45, 2.75) is 37.5 Å². The zero-order chi connectivity index (χ0) is 29.9. The minimum Gasteiger partial charge on any atom is -0.493 e. The molecule has 0 spiro atoms. The molecule has 3 rings (SSSR count). The highest BCUT2D eigenvalue weighted by Gasteiger charge is 2.40. The second kappa shape index (κ2) is 15.8. The van der Waals surface area contributed by atoms with E-state index in [-0.39, 0.29) is 62.1 Å². The van der Waals surface area contributed by atoms with E-state index < -0.39 is 30.0 Å². The summed E-state index contributed by atoms with van der Waals surface area (Å²) in [7, 11) is 2.89. The summed E-state index contributed by atoms with van der Waals surface area (Å²) in [5.74, 6) is -0.678. The van der Waals surface area contributed by atoms with Crippen molar-refractivity contribution in [2.24, 2.45) is 0 Å².